The van der Waals surface area contributed by atoms with Gasteiger partial charge in [0.25, 0.3) is 5.91 Å². The van der Waals surface area contributed by atoms with Gasteiger partial charge < -0.3 is 15.0 Å². The number of nitrogens with one attached hydrogen (secondary N) is 1. The van der Waals surface area contributed by atoms with Gasteiger partial charge in [-0.25, -0.2) is 4.79 Å². The molecule has 0 saturated heterocycles. The van der Waals surface area contributed by atoms with Gasteiger partial charge in [0.15, 0.2) is 0 Å². The van der Waals surface area contributed by atoms with Crippen LogP contribution in [0.3, 0.4) is 0 Å². The van der Waals surface area contributed by atoms with E-state index in [1.165, 1.54) is 0 Å². The number of carbonyl (C=O) groups excluding carboxylic acids is 3. The fourth-order valence-electron chi connectivity index (χ4n) is 4.92. The Kier molecular flexibility index (Phi) is 5.42. The molecule has 0 radical (unpaired) electrons. The minimum Gasteiger partial charge on any atom is -0.462 e. The average Bonchev–Trinajstić information content (AvgIpc) is 2.84. The summed E-state index contributed by atoms with van der Waals surface area (Å²) in [6, 6.07) is 21.7. The van der Waals surface area contributed by atoms with Crippen LogP contribution in [-0.2, 0) is 16.0 Å². The molecule has 0 spiro atoms. The molecule has 6 heteroatoms. The third-order valence-electron chi connectivity index (χ3n) is 6.36. The lowest BCUT2D eigenvalue weighted by Crippen LogP contribution is -2.49. The van der Waals surface area contributed by atoms with Crippen molar-refractivity contribution in [3.63, 3.8) is 0 Å². The predicted molar refractivity (Wildman–Crippen MR) is 124 cm³/mol. The maximum Gasteiger partial charge on any atom is 0.338 e. The number of amides is 2. The van der Waals surface area contributed by atoms with Crippen LogP contribution in [0.1, 0.15) is 56.3 Å². The highest BCUT2D eigenvalue weighted by molar-refractivity contribution is 6.05. The molecule has 0 fully saturated rings. The third-order valence-corrected chi connectivity index (χ3v) is 6.36. The Balaban J connectivity index is 1.55. The van der Waals surface area contributed by atoms with Crippen molar-refractivity contribution in [2.75, 3.05) is 18.5 Å². The number of nitrogens with zero attached hydrogens (tertiary/aromatic N) is 1. The highest BCUT2D eigenvalue weighted by Gasteiger charge is 2.46. The number of rotatable bonds is 4. The van der Waals surface area contributed by atoms with Crippen molar-refractivity contribution in [1.82, 2.24) is 4.90 Å². The molecular weight excluding hydrogens is 416 g/mol. The summed E-state index contributed by atoms with van der Waals surface area (Å²) in [5, 5.41) is 2.98. The van der Waals surface area contributed by atoms with Crippen LogP contribution < -0.4 is 5.32 Å². The van der Waals surface area contributed by atoms with Gasteiger partial charge in [-0.3, -0.25) is 9.59 Å². The van der Waals surface area contributed by atoms with E-state index >= 15 is 0 Å². The normalized spacial score (nSPS) is 18.6. The summed E-state index contributed by atoms with van der Waals surface area (Å²) in [6.45, 7) is 2.59. The van der Waals surface area contributed by atoms with Gasteiger partial charge in [0.05, 0.1) is 24.1 Å². The van der Waals surface area contributed by atoms with E-state index in [9.17, 15) is 14.4 Å². The van der Waals surface area contributed by atoms with E-state index in [0.29, 0.717) is 23.4 Å². The van der Waals surface area contributed by atoms with Crippen molar-refractivity contribution in [3.8, 4) is 0 Å². The van der Waals surface area contributed by atoms with E-state index in [-0.39, 0.29) is 24.5 Å². The molecule has 0 bridgehead atoms. The first kappa shape index (κ1) is 20.9. The molecule has 3 aromatic rings. The quantitative estimate of drug-likeness (QED) is 0.613. The molecule has 2 heterocycles. The number of esters is 1. The molecular formula is C27H24N2O4. The van der Waals surface area contributed by atoms with E-state index in [1.54, 1.807) is 37.3 Å². The summed E-state index contributed by atoms with van der Waals surface area (Å²) < 4.78 is 5.08. The Hall–Kier alpha value is -3.93. The Morgan fingerprint density at radius 2 is 1.76 bits per heavy atom. The first-order valence-electron chi connectivity index (χ1n) is 11.1. The number of hydrogen-bond donors (Lipinski definition) is 1. The predicted octanol–water partition coefficient (Wildman–Crippen LogP) is 4.34. The van der Waals surface area contributed by atoms with Gasteiger partial charge in [-0.15, -0.1) is 0 Å². The summed E-state index contributed by atoms with van der Waals surface area (Å²) in [6.07, 6.45) is 0.760. The Morgan fingerprint density at radius 3 is 2.58 bits per heavy atom. The molecule has 0 aliphatic carbocycles. The van der Waals surface area contributed by atoms with E-state index < -0.39 is 11.9 Å². The van der Waals surface area contributed by atoms with E-state index in [0.717, 1.165) is 23.1 Å². The molecule has 166 valence electrons. The van der Waals surface area contributed by atoms with Crippen molar-refractivity contribution in [2.45, 2.75) is 25.3 Å². The third kappa shape index (κ3) is 3.67. The van der Waals surface area contributed by atoms with Crippen LogP contribution in [0.15, 0.2) is 72.8 Å². The maximum absolute atomic E-state index is 13.7. The minimum absolute atomic E-state index is 0.0431. The number of benzene rings is 3. The molecule has 2 aliphatic heterocycles. The molecule has 2 amide bonds. The average molecular weight is 440 g/mol. The zero-order valence-electron chi connectivity index (χ0n) is 18.3. The number of hydrogen-bond acceptors (Lipinski definition) is 4. The zero-order valence-corrected chi connectivity index (χ0v) is 18.3. The minimum atomic E-state index is -0.577. The maximum atomic E-state index is 13.7. The van der Waals surface area contributed by atoms with E-state index in [1.807, 2.05) is 41.3 Å². The second-order valence-corrected chi connectivity index (χ2v) is 8.25. The monoisotopic (exact) mass is 440 g/mol. The molecule has 1 N–H and O–H groups in total. The molecule has 5 rings (SSSR count). The van der Waals surface area contributed by atoms with Crippen LogP contribution in [0.4, 0.5) is 5.69 Å². The number of fused-ring (bicyclic) bond motifs is 4. The second kappa shape index (κ2) is 8.54. The van der Waals surface area contributed by atoms with Crippen LogP contribution >= 0.6 is 0 Å². The number of carbonyl (C=O) groups is 3. The largest absolute Gasteiger partial charge is 0.462 e. The Morgan fingerprint density at radius 1 is 1.00 bits per heavy atom. The summed E-state index contributed by atoms with van der Waals surface area (Å²) in [7, 11) is 0. The van der Waals surface area contributed by atoms with Crippen molar-refractivity contribution >= 4 is 23.5 Å². The van der Waals surface area contributed by atoms with Crippen molar-refractivity contribution in [2.24, 2.45) is 0 Å². The fourth-order valence-corrected chi connectivity index (χ4v) is 4.92. The molecule has 0 unspecified atom stereocenters. The van der Waals surface area contributed by atoms with E-state index in [2.05, 4.69) is 11.4 Å². The molecule has 2 aliphatic rings. The van der Waals surface area contributed by atoms with Crippen LogP contribution in [0.5, 0.6) is 0 Å². The first-order chi connectivity index (χ1) is 16.1. The highest BCUT2D eigenvalue weighted by Crippen LogP contribution is 2.46. The lowest BCUT2D eigenvalue weighted by Gasteiger charge is -2.45. The first-order valence-corrected chi connectivity index (χ1v) is 11.1. The number of anilines is 1. The van der Waals surface area contributed by atoms with Gasteiger partial charge in [-0.05, 0) is 54.3 Å². The summed E-state index contributed by atoms with van der Waals surface area (Å²) in [5.74, 6) is -1.28. The summed E-state index contributed by atoms with van der Waals surface area (Å²) >= 11 is 0. The molecule has 0 saturated carbocycles. The van der Waals surface area contributed by atoms with E-state index in [4.69, 9.17) is 4.74 Å². The van der Waals surface area contributed by atoms with Crippen LogP contribution in [-0.4, -0.2) is 35.8 Å². The lowest BCUT2D eigenvalue weighted by atomic mass is 9.76. The molecule has 3 aromatic carbocycles. The lowest BCUT2D eigenvalue weighted by molar-refractivity contribution is -0.119. The smallest absolute Gasteiger partial charge is 0.338 e. The second-order valence-electron chi connectivity index (χ2n) is 8.25. The van der Waals surface area contributed by atoms with Crippen LogP contribution in [0, 0.1) is 0 Å². The van der Waals surface area contributed by atoms with Gasteiger partial charge in [-0.2, -0.15) is 0 Å². The SMILES string of the molecule is CCOC(=O)c1cccc(NC(=O)[C@H]2c3ccccc3C(=O)N3CCc4ccccc4[C@H]23)c1. The van der Waals surface area contributed by atoms with Gasteiger partial charge in [0, 0.05) is 17.8 Å². The van der Waals surface area contributed by atoms with Crippen molar-refractivity contribution < 1.29 is 19.1 Å². The van der Waals surface area contributed by atoms with Crippen molar-refractivity contribution in [3.05, 3.63) is 101 Å². The van der Waals surface area contributed by atoms with Crippen LogP contribution in [0.2, 0.25) is 0 Å². The molecule has 0 aromatic heterocycles. The fraction of sp³-hybridized carbons (Fsp3) is 0.222. The van der Waals surface area contributed by atoms with Gasteiger partial charge >= 0.3 is 5.97 Å². The number of ether oxygens (including phenoxy) is 1. The van der Waals surface area contributed by atoms with Gasteiger partial charge in [0.2, 0.25) is 5.91 Å². The van der Waals surface area contributed by atoms with Crippen LogP contribution in [0.25, 0.3) is 0 Å². The molecule has 33 heavy (non-hydrogen) atoms. The van der Waals surface area contributed by atoms with Gasteiger partial charge in [0.1, 0.15) is 0 Å². The Labute approximate surface area is 192 Å². The zero-order chi connectivity index (χ0) is 22.9. The topological polar surface area (TPSA) is 75.7 Å². The molecule has 2 atom stereocenters. The Bertz CT molecular complexity index is 1250. The highest BCUT2D eigenvalue weighted by atomic mass is 16.5. The molecule has 6 nitrogen and oxygen atoms in total. The van der Waals surface area contributed by atoms with Gasteiger partial charge in [-0.1, -0.05) is 48.5 Å². The van der Waals surface area contributed by atoms with Crippen molar-refractivity contribution in [1.29, 1.82) is 0 Å². The summed E-state index contributed by atoms with van der Waals surface area (Å²) in [5.41, 5.74) is 4.34. The summed E-state index contributed by atoms with van der Waals surface area (Å²) in [4.78, 5) is 41.0. The standard InChI is InChI=1S/C27H24N2O4/c1-2-33-27(32)18-9-7-10-19(16-18)28-25(30)23-21-12-5-6-13-22(21)26(31)29-15-14-17-8-3-4-11-20(17)24(23)29/h3-13,16,23-24H,2,14-15H2,1H3,(H,28,30)/t23-,24+/m0/s1.